The van der Waals surface area contributed by atoms with Crippen molar-refractivity contribution in [3.8, 4) is 0 Å². The number of esters is 1. The Labute approximate surface area is 119 Å². The van der Waals surface area contributed by atoms with Crippen molar-refractivity contribution in [3.63, 3.8) is 0 Å². The molecule has 0 saturated heterocycles. The molecule has 0 aliphatic heterocycles. The van der Waals surface area contributed by atoms with Crippen LogP contribution in [-0.2, 0) is 14.3 Å². The van der Waals surface area contributed by atoms with Gasteiger partial charge >= 0.3 is 5.97 Å². The second-order valence-corrected chi connectivity index (χ2v) is 6.13. The topological polar surface area (TPSA) is 98.5 Å². The Hall–Kier alpha value is -1.66. The van der Waals surface area contributed by atoms with Crippen molar-refractivity contribution in [3.05, 3.63) is 10.1 Å². The second kappa shape index (κ2) is 7.21. The first-order valence-electron chi connectivity index (χ1n) is 6.55. The number of carbonyl (C=O) groups excluding carboxylic acids is 2. The zero-order chi connectivity index (χ0) is 16.1. The zero-order valence-corrected chi connectivity index (χ0v) is 12.9. The third-order valence-corrected chi connectivity index (χ3v) is 2.66. The number of hydrogen-bond donors (Lipinski definition) is 1. The molecule has 0 heterocycles. The lowest BCUT2D eigenvalue weighted by Crippen LogP contribution is -2.51. The van der Waals surface area contributed by atoms with Gasteiger partial charge in [0.15, 0.2) is 0 Å². The van der Waals surface area contributed by atoms with Crippen LogP contribution in [0, 0.1) is 22.0 Å². The maximum atomic E-state index is 12.2. The minimum Gasteiger partial charge on any atom is -0.458 e. The van der Waals surface area contributed by atoms with Crippen LogP contribution in [-0.4, -0.2) is 35.0 Å². The summed E-state index contributed by atoms with van der Waals surface area (Å²) in [4.78, 5) is 33.7. The molecule has 1 amide bonds. The molecule has 0 fully saturated rings. The maximum absolute atomic E-state index is 12.2. The van der Waals surface area contributed by atoms with Crippen LogP contribution in [0.25, 0.3) is 0 Å². The van der Waals surface area contributed by atoms with Crippen molar-refractivity contribution in [2.75, 3.05) is 6.54 Å². The third kappa shape index (κ3) is 7.06. The second-order valence-electron chi connectivity index (χ2n) is 6.13. The van der Waals surface area contributed by atoms with E-state index in [9.17, 15) is 19.7 Å². The lowest BCUT2D eigenvalue weighted by Gasteiger charge is -2.29. The van der Waals surface area contributed by atoms with Crippen molar-refractivity contribution in [2.45, 2.75) is 53.2 Å². The predicted molar refractivity (Wildman–Crippen MR) is 73.6 cm³/mol. The van der Waals surface area contributed by atoms with Crippen molar-refractivity contribution < 1.29 is 19.2 Å². The van der Waals surface area contributed by atoms with Gasteiger partial charge in [-0.3, -0.25) is 14.9 Å². The van der Waals surface area contributed by atoms with E-state index >= 15 is 0 Å². The summed E-state index contributed by atoms with van der Waals surface area (Å²) in [5, 5.41) is 13.2. The number of nitrogens with one attached hydrogen (secondary N) is 1. The fourth-order valence-electron chi connectivity index (χ4n) is 1.80. The van der Waals surface area contributed by atoms with E-state index in [1.807, 2.05) is 0 Å². The first kappa shape index (κ1) is 18.3. The molecule has 0 rings (SSSR count). The Morgan fingerprint density at radius 3 is 2.10 bits per heavy atom. The predicted octanol–water partition coefficient (Wildman–Crippen LogP) is 1.38. The number of nitrogens with zero attached hydrogens (tertiary/aromatic N) is 1. The molecule has 7 nitrogen and oxygen atoms in total. The Morgan fingerprint density at radius 2 is 1.80 bits per heavy atom. The van der Waals surface area contributed by atoms with Gasteiger partial charge in [0.25, 0.3) is 0 Å². The largest absolute Gasteiger partial charge is 0.458 e. The lowest BCUT2D eigenvalue weighted by atomic mass is 9.88. The number of nitro groups is 1. The molecule has 0 aromatic heterocycles. The van der Waals surface area contributed by atoms with Gasteiger partial charge in [-0.25, -0.2) is 4.79 Å². The Morgan fingerprint density at radius 1 is 1.30 bits per heavy atom. The lowest BCUT2D eigenvalue weighted by molar-refractivity contribution is -0.490. The molecule has 0 aromatic rings. The highest BCUT2D eigenvalue weighted by Crippen LogP contribution is 2.19. The summed E-state index contributed by atoms with van der Waals surface area (Å²) in [6.07, 6.45) is 0. The van der Waals surface area contributed by atoms with Crippen molar-refractivity contribution in [1.29, 1.82) is 0 Å². The molecule has 0 saturated carbocycles. The van der Waals surface area contributed by atoms with E-state index in [0.29, 0.717) is 0 Å². The Bertz CT molecular complexity index is 373. The van der Waals surface area contributed by atoms with Gasteiger partial charge in [-0.05, 0) is 26.7 Å². The van der Waals surface area contributed by atoms with E-state index in [-0.39, 0.29) is 5.92 Å². The average molecular weight is 288 g/mol. The normalized spacial score (nSPS) is 14.6. The summed E-state index contributed by atoms with van der Waals surface area (Å²) in [5.41, 5.74) is -0.718. The van der Waals surface area contributed by atoms with Crippen LogP contribution in [0.3, 0.4) is 0 Å². The van der Waals surface area contributed by atoms with E-state index in [2.05, 4.69) is 5.32 Å². The first-order chi connectivity index (χ1) is 8.94. The highest BCUT2D eigenvalue weighted by atomic mass is 16.6. The van der Waals surface area contributed by atoms with Gasteiger partial charge in [-0.1, -0.05) is 13.8 Å². The Kier molecular flexibility index (Phi) is 6.61. The van der Waals surface area contributed by atoms with Crippen LogP contribution in [0.1, 0.15) is 41.5 Å². The van der Waals surface area contributed by atoms with E-state index < -0.39 is 40.9 Å². The van der Waals surface area contributed by atoms with Gasteiger partial charge in [0, 0.05) is 11.8 Å². The van der Waals surface area contributed by atoms with Crippen LogP contribution in [0.5, 0.6) is 0 Å². The van der Waals surface area contributed by atoms with Crippen LogP contribution in [0.15, 0.2) is 0 Å². The zero-order valence-electron chi connectivity index (χ0n) is 12.9. The van der Waals surface area contributed by atoms with Gasteiger partial charge in [0.05, 0.1) is 5.92 Å². The molecule has 7 heteroatoms. The van der Waals surface area contributed by atoms with Crippen LogP contribution >= 0.6 is 0 Å². The van der Waals surface area contributed by atoms with Crippen LogP contribution < -0.4 is 5.32 Å². The Balaban J connectivity index is 5.22. The van der Waals surface area contributed by atoms with Gasteiger partial charge in [-0.2, -0.15) is 0 Å². The van der Waals surface area contributed by atoms with Gasteiger partial charge in [-0.15, -0.1) is 0 Å². The summed E-state index contributed by atoms with van der Waals surface area (Å²) in [6, 6.07) is -1.02. The van der Waals surface area contributed by atoms with Gasteiger partial charge in [0.2, 0.25) is 12.5 Å². The minimum absolute atomic E-state index is 0.148. The minimum atomic E-state index is -1.02. The quantitative estimate of drug-likeness (QED) is 0.452. The number of amides is 1. The van der Waals surface area contributed by atoms with Gasteiger partial charge < -0.3 is 10.1 Å². The van der Waals surface area contributed by atoms with E-state index in [1.54, 1.807) is 34.6 Å². The SMILES string of the molecule is CC(=O)N[C@H](C(=O)OC(C)(C)C)[C@H](C[N+](=O)[O-])C(C)C. The van der Waals surface area contributed by atoms with Gasteiger partial charge in [0.1, 0.15) is 11.6 Å². The van der Waals surface area contributed by atoms with E-state index in [0.717, 1.165) is 0 Å². The number of rotatable bonds is 6. The molecule has 0 aliphatic carbocycles. The smallest absolute Gasteiger partial charge is 0.329 e. The molecule has 0 spiro atoms. The summed E-state index contributed by atoms with van der Waals surface area (Å²) < 4.78 is 5.24. The fraction of sp³-hybridized carbons (Fsp3) is 0.846. The molecular formula is C13H24N2O5. The maximum Gasteiger partial charge on any atom is 0.329 e. The van der Waals surface area contributed by atoms with Crippen molar-refractivity contribution >= 4 is 11.9 Å². The van der Waals surface area contributed by atoms with Crippen LogP contribution in [0.2, 0.25) is 0 Å². The van der Waals surface area contributed by atoms with E-state index in [4.69, 9.17) is 4.74 Å². The number of hydrogen-bond acceptors (Lipinski definition) is 5. The van der Waals surface area contributed by atoms with E-state index in [1.165, 1.54) is 6.92 Å². The highest BCUT2D eigenvalue weighted by Gasteiger charge is 2.37. The molecule has 2 atom stereocenters. The summed E-state index contributed by atoms with van der Waals surface area (Å²) in [5.74, 6) is -1.84. The first-order valence-corrected chi connectivity index (χ1v) is 6.55. The average Bonchev–Trinajstić information content (AvgIpc) is 2.19. The monoisotopic (exact) mass is 288 g/mol. The number of carbonyl (C=O) groups is 2. The third-order valence-electron chi connectivity index (χ3n) is 2.66. The molecule has 0 bridgehead atoms. The summed E-state index contributed by atoms with van der Waals surface area (Å²) >= 11 is 0. The fourth-order valence-corrected chi connectivity index (χ4v) is 1.80. The molecular weight excluding hydrogens is 264 g/mol. The molecule has 0 unspecified atom stereocenters. The summed E-state index contributed by atoms with van der Waals surface area (Å²) in [6.45, 7) is 9.51. The summed E-state index contributed by atoms with van der Waals surface area (Å²) in [7, 11) is 0. The molecule has 20 heavy (non-hydrogen) atoms. The standard InChI is InChI=1S/C13H24N2O5/c1-8(2)10(7-15(18)19)11(14-9(3)16)12(17)20-13(4,5)6/h8,10-11H,7H2,1-6H3,(H,14,16)/t10-,11+/m1/s1. The molecule has 0 radical (unpaired) electrons. The van der Waals surface area contributed by atoms with Crippen molar-refractivity contribution in [2.24, 2.45) is 11.8 Å². The molecule has 116 valence electrons. The molecule has 0 aromatic carbocycles. The molecule has 1 N–H and O–H groups in total. The van der Waals surface area contributed by atoms with Crippen molar-refractivity contribution in [1.82, 2.24) is 5.32 Å². The molecule has 0 aliphatic rings. The van der Waals surface area contributed by atoms with Crippen LogP contribution in [0.4, 0.5) is 0 Å². The number of ether oxygens (including phenoxy) is 1. The highest BCUT2D eigenvalue weighted by molar-refractivity contribution is 5.83.